The van der Waals surface area contributed by atoms with Crippen molar-refractivity contribution in [2.45, 2.75) is 25.8 Å². The van der Waals surface area contributed by atoms with Crippen molar-refractivity contribution in [2.75, 3.05) is 32.1 Å². The number of hydrogen-bond donors (Lipinski definition) is 0. The van der Waals surface area contributed by atoms with E-state index in [1.54, 1.807) is 12.3 Å². The smallest absolute Gasteiger partial charge is 0.311 e. The van der Waals surface area contributed by atoms with Crippen LogP contribution < -0.4 is 4.90 Å². The lowest BCUT2D eigenvalue weighted by atomic mass is 10.0. The van der Waals surface area contributed by atoms with E-state index < -0.39 is 0 Å². The van der Waals surface area contributed by atoms with Crippen molar-refractivity contribution in [3.05, 3.63) is 27.9 Å². The molecule has 0 amide bonds. The van der Waals surface area contributed by atoms with Gasteiger partial charge < -0.3 is 9.80 Å². The van der Waals surface area contributed by atoms with E-state index in [0.717, 1.165) is 31.5 Å². The Morgan fingerprint density at radius 1 is 1.58 bits per heavy atom. The zero-order valence-corrected chi connectivity index (χ0v) is 11.7. The largest absolute Gasteiger partial charge is 0.350 e. The van der Waals surface area contributed by atoms with Crippen LogP contribution in [0.25, 0.3) is 0 Å². The number of aromatic nitrogens is 1. The Morgan fingerprint density at radius 3 is 2.95 bits per heavy atom. The zero-order chi connectivity index (χ0) is 14.0. The Labute approximate surface area is 113 Å². The Bertz CT molecular complexity index is 478. The molecule has 0 aromatic carbocycles. The minimum absolute atomic E-state index is 0.0933. The predicted octanol–water partition coefficient (Wildman–Crippen LogP) is 1.83. The maximum Gasteiger partial charge on any atom is 0.311 e. The second-order valence-corrected chi connectivity index (χ2v) is 5.28. The minimum atomic E-state index is -0.349. The third-order valence-electron chi connectivity index (χ3n) is 3.66. The average molecular weight is 264 g/mol. The molecule has 0 aliphatic carbocycles. The van der Waals surface area contributed by atoms with E-state index in [1.807, 2.05) is 18.9 Å². The molecule has 0 bridgehead atoms. The van der Waals surface area contributed by atoms with Gasteiger partial charge >= 0.3 is 5.69 Å². The quantitative estimate of drug-likeness (QED) is 0.615. The molecule has 19 heavy (non-hydrogen) atoms. The van der Waals surface area contributed by atoms with Gasteiger partial charge in [0.1, 0.15) is 0 Å². The van der Waals surface area contributed by atoms with Gasteiger partial charge in [0, 0.05) is 31.9 Å². The maximum atomic E-state index is 11.2. The summed E-state index contributed by atoms with van der Waals surface area (Å²) in [6.07, 6.45) is 3.85. The molecule has 1 aliphatic heterocycles. The maximum absolute atomic E-state index is 11.2. The van der Waals surface area contributed by atoms with Gasteiger partial charge in [-0.1, -0.05) is 0 Å². The van der Waals surface area contributed by atoms with Gasteiger partial charge in [0.05, 0.1) is 4.92 Å². The van der Waals surface area contributed by atoms with Crippen molar-refractivity contribution >= 4 is 11.5 Å². The monoisotopic (exact) mass is 264 g/mol. The number of rotatable bonds is 3. The van der Waals surface area contributed by atoms with E-state index in [4.69, 9.17) is 0 Å². The first-order chi connectivity index (χ1) is 8.99. The third kappa shape index (κ3) is 3.01. The molecule has 104 valence electrons. The number of anilines is 1. The molecular formula is C13H20N4O2. The van der Waals surface area contributed by atoms with Crippen molar-refractivity contribution in [2.24, 2.45) is 0 Å². The Balaban J connectivity index is 2.27. The van der Waals surface area contributed by atoms with Crippen LogP contribution in [-0.4, -0.2) is 48.0 Å². The zero-order valence-electron chi connectivity index (χ0n) is 11.7. The summed E-state index contributed by atoms with van der Waals surface area (Å²) in [5.41, 5.74) is 0.903. The summed E-state index contributed by atoms with van der Waals surface area (Å²) >= 11 is 0. The highest BCUT2D eigenvalue weighted by Gasteiger charge is 2.27. The van der Waals surface area contributed by atoms with E-state index in [1.165, 1.54) is 0 Å². The topological polar surface area (TPSA) is 62.5 Å². The number of pyridine rings is 1. The molecule has 0 saturated carbocycles. The van der Waals surface area contributed by atoms with Crippen LogP contribution in [0, 0.1) is 17.0 Å². The summed E-state index contributed by atoms with van der Waals surface area (Å²) in [7, 11) is 3.98. The van der Waals surface area contributed by atoms with Gasteiger partial charge in [0.15, 0.2) is 0 Å². The third-order valence-corrected chi connectivity index (χ3v) is 3.66. The van der Waals surface area contributed by atoms with Crippen LogP contribution in [0.15, 0.2) is 12.3 Å². The number of nitrogens with zero attached hydrogens (tertiary/aromatic N) is 4. The van der Waals surface area contributed by atoms with Gasteiger partial charge in [-0.3, -0.25) is 10.1 Å². The highest BCUT2D eigenvalue weighted by atomic mass is 16.6. The normalized spacial score (nSPS) is 20.3. The van der Waals surface area contributed by atoms with E-state index in [-0.39, 0.29) is 16.7 Å². The van der Waals surface area contributed by atoms with Crippen molar-refractivity contribution in [1.29, 1.82) is 0 Å². The Hall–Kier alpha value is -1.69. The van der Waals surface area contributed by atoms with Crippen LogP contribution in [0.4, 0.5) is 11.5 Å². The van der Waals surface area contributed by atoms with Crippen LogP contribution in [0.2, 0.25) is 0 Å². The summed E-state index contributed by atoms with van der Waals surface area (Å²) in [5.74, 6) is 0.468. The lowest BCUT2D eigenvalue weighted by Crippen LogP contribution is -2.45. The number of nitro groups is 1. The van der Waals surface area contributed by atoms with Crippen LogP contribution in [-0.2, 0) is 0 Å². The van der Waals surface area contributed by atoms with Crippen molar-refractivity contribution < 1.29 is 4.92 Å². The summed E-state index contributed by atoms with van der Waals surface area (Å²) < 4.78 is 0. The Kier molecular flexibility index (Phi) is 3.99. The first-order valence-electron chi connectivity index (χ1n) is 6.51. The lowest BCUT2D eigenvalue weighted by Gasteiger charge is -2.36. The van der Waals surface area contributed by atoms with E-state index in [0.29, 0.717) is 5.82 Å². The van der Waals surface area contributed by atoms with Gasteiger partial charge in [-0.25, -0.2) is 4.98 Å². The standard InChI is InChI=1S/C13H20N4O2/c1-10-7-12(17(18)19)13(14-8-10)16(3)11-5-4-6-15(2)9-11/h7-8,11H,4-6,9H2,1-3H3/t11-/m0/s1. The molecule has 0 N–H and O–H groups in total. The summed E-state index contributed by atoms with van der Waals surface area (Å²) in [4.78, 5) is 19.3. The lowest BCUT2D eigenvalue weighted by molar-refractivity contribution is -0.384. The van der Waals surface area contributed by atoms with Gasteiger partial charge in [-0.2, -0.15) is 0 Å². The fourth-order valence-electron chi connectivity index (χ4n) is 2.58. The van der Waals surface area contributed by atoms with Crippen molar-refractivity contribution in [3.8, 4) is 0 Å². The SMILES string of the molecule is Cc1cnc(N(C)[C@H]2CCCN(C)C2)c([N+](=O)[O-])c1. The number of piperidine rings is 1. The molecular weight excluding hydrogens is 244 g/mol. The molecule has 1 aliphatic rings. The molecule has 2 rings (SSSR count). The Morgan fingerprint density at radius 2 is 2.32 bits per heavy atom. The minimum Gasteiger partial charge on any atom is -0.350 e. The molecule has 1 aromatic heterocycles. The van der Waals surface area contributed by atoms with Crippen LogP contribution >= 0.6 is 0 Å². The molecule has 0 unspecified atom stereocenters. The fourth-order valence-corrected chi connectivity index (χ4v) is 2.58. The molecule has 0 radical (unpaired) electrons. The molecule has 1 atom stereocenters. The van der Waals surface area contributed by atoms with Crippen LogP contribution in [0.5, 0.6) is 0 Å². The van der Waals surface area contributed by atoms with E-state index in [9.17, 15) is 10.1 Å². The molecule has 0 spiro atoms. The fraction of sp³-hybridized carbons (Fsp3) is 0.615. The molecule has 1 fully saturated rings. The molecule has 6 nitrogen and oxygen atoms in total. The van der Waals surface area contributed by atoms with E-state index in [2.05, 4.69) is 16.9 Å². The molecule has 1 aromatic rings. The second kappa shape index (κ2) is 5.52. The van der Waals surface area contributed by atoms with Gasteiger partial charge in [-0.15, -0.1) is 0 Å². The van der Waals surface area contributed by atoms with E-state index >= 15 is 0 Å². The summed E-state index contributed by atoms with van der Waals surface area (Å²) in [5, 5.41) is 11.2. The molecule has 1 saturated heterocycles. The average Bonchev–Trinajstić information content (AvgIpc) is 2.37. The highest BCUT2D eigenvalue weighted by molar-refractivity contribution is 5.58. The molecule has 6 heteroatoms. The van der Waals surface area contributed by atoms with Crippen LogP contribution in [0.1, 0.15) is 18.4 Å². The predicted molar refractivity (Wildman–Crippen MR) is 74.6 cm³/mol. The van der Waals surface area contributed by atoms with Crippen molar-refractivity contribution in [3.63, 3.8) is 0 Å². The number of likely N-dealkylation sites (tertiary alicyclic amines) is 1. The van der Waals surface area contributed by atoms with Crippen LogP contribution in [0.3, 0.4) is 0 Å². The van der Waals surface area contributed by atoms with Gasteiger partial charge in [0.2, 0.25) is 5.82 Å². The number of likely N-dealkylation sites (N-methyl/N-ethyl adjacent to an activating group) is 2. The second-order valence-electron chi connectivity index (χ2n) is 5.28. The first-order valence-corrected chi connectivity index (χ1v) is 6.51. The van der Waals surface area contributed by atoms with Gasteiger partial charge in [0.25, 0.3) is 0 Å². The molecule has 2 heterocycles. The summed E-state index contributed by atoms with van der Waals surface area (Å²) in [6, 6.07) is 1.87. The number of hydrogen-bond acceptors (Lipinski definition) is 5. The highest BCUT2D eigenvalue weighted by Crippen LogP contribution is 2.28. The summed E-state index contributed by atoms with van der Waals surface area (Å²) in [6.45, 7) is 3.83. The first kappa shape index (κ1) is 13.7. The number of aryl methyl sites for hydroxylation is 1. The van der Waals surface area contributed by atoms with Crippen molar-refractivity contribution in [1.82, 2.24) is 9.88 Å². The van der Waals surface area contributed by atoms with Gasteiger partial charge in [-0.05, 0) is 38.9 Å².